The van der Waals surface area contributed by atoms with Crippen LogP contribution in [0.5, 0.6) is 0 Å². The second kappa shape index (κ2) is 2.86. The van der Waals surface area contributed by atoms with E-state index in [1.54, 1.807) is 0 Å². The third-order valence-corrected chi connectivity index (χ3v) is 2.81. The molecule has 0 aliphatic carbocycles. The Hall–Kier alpha value is -0.340. The number of hydrogen-bond acceptors (Lipinski definition) is 2. The third-order valence-electron chi connectivity index (χ3n) is 2.81. The molecule has 0 saturated carbocycles. The highest BCUT2D eigenvalue weighted by Gasteiger charge is 2.38. The molecule has 0 aromatic heterocycles. The molecule has 0 unspecified atom stereocenters. The Labute approximate surface area is 73.5 Å². The van der Waals surface area contributed by atoms with Crippen LogP contribution in [0.1, 0.15) is 26.7 Å². The summed E-state index contributed by atoms with van der Waals surface area (Å²) in [6, 6.07) is 0. The first-order chi connectivity index (χ1) is 5.73. The van der Waals surface area contributed by atoms with E-state index in [0.717, 1.165) is 19.4 Å². The molecule has 2 heteroatoms. The second-order valence-corrected chi connectivity index (χ2v) is 3.79. The van der Waals surface area contributed by atoms with E-state index in [4.69, 9.17) is 9.47 Å². The summed E-state index contributed by atoms with van der Waals surface area (Å²) in [4.78, 5) is 0. The lowest BCUT2D eigenvalue weighted by molar-refractivity contribution is -0.280. The SMILES string of the molecule is CC[C@H]1CO[C@]2(C)C=CC[C@H]1O2. The minimum Gasteiger partial charge on any atom is -0.346 e. The molecule has 2 heterocycles. The van der Waals surface area contributed by atoms with Gasteiger partial charge in [-0.05, 0) is 25.8 Å². The van der Waals surface area contributed by atoms with Crippen LogP contribution in [0.25, 0.3) is 0 Å². The van der Waals surface area contributed by atoms with E-state index in [9.17, 15) is 0 Å². The lowest BCUT2D eigenvalue weighted by Crippen LogP contribution is -2.47. The maximum atomic E-state index is 5.80. The highest BCUT2D eigenvalue weighted by molar-refractivity contribution is 5.03. The van der Waals surface area contributed by atoms with Crippen LogP contribution < -0.4 is 0 Å². The largest absolute Gasteiger partial charge is 0.346 e. The summed E-state index contributed by atoms with van der Waals surface area (Å²) in [5, 5.41) is 0. The van der Waals surface area contributed by atoms with Crippen molar-refractivity contribution in [3.05, 3.63) is 12.2 Å². The Morgan fingerprint density at radius 2 is 2.42 bits per heavy atom. The fraction of sp³-hybridized carbons (Fsp3) is 0.800. The van der Waals surface area contributed by atoms with E-state index in [-0.39, 0.29) is 0 Å². The van der Waals surface area contributed by atoms with Crippen LogP contribution in [-0.4, -0.2) is 18.5 Å². The van der Waals surface area contributed by atoms with Gasteiger partial charge in [0, 0.05) is 5.92 Å². The van der Waals surface area contributed by atoms with Crippen LogP contribution in [0.2, 0.25) is 0 Å². The predicted molar refractivity (Wildman–Crippen MR) is 46.8 cm³/mol. The highest BCUT2D eigenvalue weighted by atomic mass is 16.7. The van der Waals surface area contributed by atoms with Gasteiger partial charge in [0.15, 0.2) is 5.79 Å². The summed E-state index contributed by atoms with van der Waals surface area (Å²) in [5.74, 6) is 0.164. The molecule has 1 fully saturated rings. The standard InChI is InChI=1S/C10H16O2/c1-3-8-7-11-10(2)6-4-5-9(8)12-10/h4,6,8-9H,3,5,7H2,1-2H3/t8-,9+,10-/m0/s1. The summed E-state index contributed by atoms with van der Waals surface area (Å²) in [5.41, 5.74) is 0. The molecule has 0 amide bonds. The van der Waals surface area contributed by atoms with E-state index in [0.29, 0.717) is 12.0 Å². The van der Waals surface area contributed by atoms with Gasteiger partial charge >= 0.3 is 0 Å². The smallest absolute Gasteiger partial charge is 0.185 e. The van der Waals surface area contributed by atoms with Crippen LogP contribution in [0.15, 0.2) is 12.2 Å². The zero-order chi connectivity index (χ0) is 8.60. The van der Waals surface area contributed by atoms with Crippen LogP contribution in [0.4, 0.5) is 0 Å². The minimum atomic E-state index is -0.422. The van der Waals surface area contributed by atoms with Crippen LogP contribution in [0, 0.1) is 5.92 Å². The Bertz CT molecular complexity index is 200. The van der Waals surface area contributed by atoms with Gasteiger partial charge in [0.2, 0.25) is 0 Å². The summed E-state index contributed by atoms with van der Waals surface area (Å²) >= 11 is 0. The van der Waals surface area contributed by atoms with Crippen molar-refractivity contribution in [2.45, 2.75) is 38.6 Å². The van der Waals surface area contributed by atoms with E-state index in [2.05, 4.69) is 13.0 Å². The first-order valence-electron chi connectivity index (χ1n) is 4.73. The van der Waals surface area contributed by atoms with Gasteiger partial charge in [0.1, 0.15) is 0 Å². The molecule has 2 aliphatic heterocycles. The van der Waals surface area contributed by atoms with Crippen molar-refractivity contribution in [1.29, 1.82) is 0 Å². The van der Waals surface area contributed by atoms with Crippen molar-refractivity contribution in [2.24, 2.45) is 5.92 Å². The molecule has 1 saturated heterocycles. The van der Waals surface area contributed by atoms with Gasteiger partial charge in [-0.1, -0.05) is 13.0 Å². The summed E-state index contributed by atoms with van der Waals surface area (Å²) < 4.78 is 11.4. The molecular weight excluding hydrogens is 152 g/mol. The van der Waals surface area contributed by atoms with Crippen molar-refractivity contribution in [3.8, 4) is 0 Å². The highest BCUT2D eigenvalue weighted by Crippen LogP contribution is 2.34. The molecule has 2 nitrogen and oxygen atoms in total. The zero-order valence-corrected chi connectivity index (χ0v) is 7.75. The zero-order valence-electron chi connectivity index (χ0n) is 7.75. The van der Waals surface area contributed by atoms with Gasteiger partial charge in [-0.2, -0.15) is 0 Å². The van der Waals surface area contributed by atoms with Gasteiger partial charge in [0.05, 0.1) is 12.7 Å². The van der Waals surface area contributed by atoms with Crippen molar-refractivity contribution in [1.82, 2.24) is 0 Å². The lowest BCUT2D eigenvalue weighted by Gasteiger charge is -2.43. The van der Waals surface area contributed by atoms with Crippen molar-refractivity contribution < 1.29 is 9.47 Å². The minimum absolute atomic E-state index is 0.388. The van der Waals surface area contributed by atoms with Crippen LogP contribution >= 0.6 is 0 Å². The summed E-state index contributed by atoms with van der Waals surface area (Å²) in [6.45, 7) is 5.03. The molecule has 2 rings (SSSR count). The molecular formula is C10H16O2. The molecule has 2 bridgehead atoms. The first kappa shape index (κ1) is 8.27. The number of hydrogen-bond donors (Lipinski definition) is 0. The molecule has 68 valence electrons. The third kappa shape index (κ3) is 1.29. The van der Waals surface area contributed by atoms with E-state index in [1.165, 1.54) is 0 Å². The molecule has 0 aromatic carbocycles. The topological polar surface area (TPSA) is 18.5 Å². The Morgan fingerprint density at radius 3 is 3.17 bits per heavy atom. The Kier molecular flexibility index (Phi) is 1.97. The lowest BCUT2D eigenvalue weighted by atomic mass is 9.93. The first-order valence-corrected chi connectivity index (χ1v) is 4.73. The molecule has 0 aromatic rings. The van der Waals surface area contributed by atoms with Gasteiger partial charge < -0.3 is 9.47 Å². The fourth-order valence-corrected chi connectivity index (χ4v) is 1.94. The van der Waals surface area contributed by atoms with Crippen LogP contribution in [0.3, 0.4) is 0 Å². The van der Waals surface area contributed by atoms with E-state index in [1.807, 2.05) is 13.0 Å². The average Bonchev–Trinajstić information content (AvgIpc) is 2.04. The summed E-state index contributed by atoms with van der Waals surface area (Å²) in [6.07, 6.45) is 6.79. The van der Waals surface area contributed by atoms with Crippen LogP contribution in [-0.2, 0) is 9.47 Å². The Balaban J connectivity index is 2.13. The molecule has 12 heavy (non-hydrogen) atoms. The van der Waals surface area contributed by atoms with Crippen molar-refractivity contribution >= 4 is 0 Å². The number of ether oxygens (including phenoxy) is 2. The van der Waals surface area contributed by atoms with Crippen molar-refractivity contribution in [2.75, 3.05) is 6.61 Å². The maximum absolute atomic E-state index is 5.80. The second-order valence-electron chi connectivity index (χ2n) is 3.79. The molecule has 0 radical (unpaired) electrons. The molecule has 3 atom stereocenters. The van der Waals surface area contributed by atoms with Gasteiger partial charge in [0.25, 0.3) is 0 Å². The molecule has 0 spiro atoms. The number of rotatable bonds is 1. The monoisotopic (exact) mass is 168 g/mol. The maximum Gasteiger partial charge on any atom is 0.185 e. The molecule has 0 N–H and O–H groups in total. The average molecular weight is 168 g/mol. The Morgan fingerprint density at radius 1 is 1.58 bits per heavy atom. The van der Waals surface area contributed by atoms with E-state index < -0.39 is 5.79 Å². The van der Waals surface area contributed by atoms with Gasteiger partial charge in [-0.25, -0.2) is 0 Å². The normalized spacial score (nSPS) is 46.2. The quantitative estimate of drug-likeness (QED) is 0.558. The molecule has 2 aliphatic rings. The number of fused-ring (bicyclic) bond motifs is 2. The van der Waals surface area contributed by atoms with Gasteiger partial charge in [-0.15, -0.1) is 0 Å². The van der Waals surface area contributed by atoms with Crippen molar-refractivity contribution in [3.63, 3.8) is 0 Å². The predicted octanol–water partition coefficient (Wildman–Crippen LogP) is 2.10. The van der Waals surface area contributed by atoms with E-state index >= 15 is 0 Å². The summed E-state index contributed by atoms with van der Waals surface area (Å²) in [7, 11) is 0. The van der Waals surface area contributed by atoms with Gasteiger partial charge in [-0.3, -0.25) is 0 Å². The fourth-order valence-electron chi connectivity index (χ4n) is 1.94.